The Balaban J connectivity index is 1.77. The van der Waals surface area contributed by atoms with Crippen LogP contribution in [0.5, 0.6) is 0 Å². The van der Waals surface area contributed by atoms with E-state index >= 15 is 0 Å². The number of rotatable bonds is 4. The number of piperazine rings is 1. The van der Waals surface area contributed by atoms with Crippen LogP contribution in [0.3, 0.4) is 0 Å². The molecule has 0 aliphatic carbocycles. The summed E-state index contributed by atoms with van der Waals surface area (Å²) in [7, 11) is 4.07. The average Bonchev–Trinajstić information content (AvgIpc) is 3.14. The van der Waals surface area contributed by atoms with Gasteiger partial charge in [-0.2, -0.15) is 18.3 Å². The van der Waals surface area contributed by atoms with Gasteiger partial charge < -0.3 is 10.2 Å². The molecule has 1 N–H and O–H groups in total. The van der Waals surface area contributed by atoms with Crippen LogP contribution in [0.2, 0.25) is 0 Å². The van der Waals surface area contributed by atoms with Crippen molar-refractivity contribution in [2.24, 2.45) is 0 Å². The SMILES string of the molecule is CC(NC(=O)c1cccc(-n2nccc2C(F)(F)F)c1)C1CN(C)CCN1C. The van der Waals surface area contributed by atoms with Crippen molar-refractivity contribution >= 4 is 5.91 Å². The molecule has 1 saturated heterocycles. The molecule has 1 aliphatic rings. The number of hydrogen-bond acceptors (Lipinski definition) is 4. The summed E-state index contributed by atoms with van der Waals surface area (Å²) in [4.78, 5) is 17.1. The summed E-state index contributed by atoms with van der Waals surface area (Å²) in [6.07, 6.45) is -3.44. The minimum absolute atomic E-state index is 0.112. The van der Waals surface area contributed by atoms with E-state index in [9.17, 15) is 18.0 Å². The summed E-state index contributed by atoms with van der Waals surface area (Å²) in [5.41, 5.74) is -0.405. The van der Waals surface area contributed by atoms with Gasteiger partial charge >= 0.3 is 6.18 Å². The molecular formula is C19H24F3N5O. The molecule has 28 heavy (non-hydrogen) atoms. The Hall–Kier alpha value is -2.39. The van der Waals surface area contributed by atoms with Gasteiger partial charge in [-0.15, -0.1) is 0 Å². The molecule has 2 unspecified atom stereocenters. The summed E-state index contributed by atoms with van der Waals surface area (Å²) >= 11 is 0. The molecule has 2 atom stereocenters. The summed E-state index contributed by atoms with van der Waals surface area (Å²) < 4.78 is 40.2. The van der Waals surface area contributed by atoms with E-state index in [1.807, 2.05) is 21.0 Å². The average molecular weight is 395 g/mol. The van der Waals surface area contributed by atoms with Gasteiger partial charge in [0, 0.05) is 37.3 Å². The smallest absolute Gasteiger partial charge is 0.348 e. The molecule has 2 heterocycles. The standard InChI is InChI=1S/C19H24F3N5O/c1-13(16-12-25(2)9-10-26(16)3)24-18(28)14-5-4-6-15(11-14)27-17(7-8-23-27)19(20,21)22/h4-8,11,13,16H,9-10,12H2,1-3H3,(H,24,28). The molecule has 9 heteroatoms. The normalized spacial score (nSPS) is 20.1. The number of nitrogens with zero attached hydrogens (tertiary/aromatic N) is 4. The van der Waals surface area contributed by atoms with Crippen LogP contribution in [0.1, 0.15) is 23.0 Å². The summed E-state index contributed by atoms with van der Waals surface area (Å²) in [6.45, 7) is 4.66. The lowest BCUT2D eigenvalue weighted by Crippen LogP contribution is -2.58. The van der Waals surface area contributed by atoms with Crippen LogP contribution in [0.25, 0.3) is 5.69 Å². The lowest BCUT2D eigenvalue weighted by molar-refractivity contribution is -0.142. The highest BCUT2D eigenvalue weighted by molar-refractivity contribution is 5.95. The Morgan fingerprint density at radius 1 is 1.25 bits per heavy atom. The second kappa shape index (κ2) is 7.92. The fourth-order valence-electron chi connectivity index (χ4n) is 3.47. The van der Waals surface area contributed by atoms with Crippen LogP contribution in [0.4, 0.5) is 13.2 Å². The van der Waals surface area contributed by atoms with Crippen molar-refractivity contribution in [1.82, 2.24) is 24.9 Å². The van der Waals surface area contributed by atoms with Gasteiger partial charge in [-0.25, -0.2) is 4.68 Å². The maximum absolute atomic E-state index is 13.1. The molecule has 0 radical (unpaired) electrons. The molecule has 0 saturated carbocycles. The van der Waals surface area contributed by atoms with Gasteiger partial charge in [-0.3, -0.25) is 9.69 Å². The van der Waals surface area contributed by atoms with Crippen LogP contribution < -0.4 is 5.32 Å². The monoisotopic (exact) mass is 395 g/mol. The Kier molecular flexibility index (Phi) is 5.76. The minimum atomic E-state index is -4.53. The third-order valence-corrected chi connectivity index (χ3v) is 5.12. The second-order valence-electron chi connectivity index (χ2n) is 7.25. The maximum Gasteiger partial charge on any atom is 0.433 e. The van der Waals surface area contributed by atoms with Crippen molar-refractivity contribution in [1.29, 1.82) is 0 Å². The van der Waals surface area contributed by atoms with Crippen molar-refractivity contribution in [3.8, 4) is 5.69 Å². The van der Waals surface area contributed by atoms with Crippen LogP contribution in [0.15, 0.2) is 36.5 Å². The van der Waals surface area contributed by atoms with E-state index in [2.05, 4.69) is 20.2 Å². The molecule has 0 spiro atoms. The first-order valence-corrected chi connectivity index (χ1v) is 9.08. The molecule has 1 amide bonds. The fraction of sp³-hybridized carbons (Fsp3) is 0.474. The summed E-state index contributed by atoms with van der Waals surface area (Å²) in [6, 6.07) is 7.00. The van der Waals surface area contributed by atoms with Crippen molar-refractivity contribution in [3.05, 3.63) is 47.8 Å². The first kappa shape index (κ1) is 20.3. The molecule has 2 aromatic rings. The molecule has 0 bridgehead atoms. The lowest BCUT2D eigenvalue weighted by Gasteiger charge is -2.41. The molecule has 6 nitrogen and oxygen atoms in total. The number of nitrogens with one attached hydrogen (secondary N) is 1. The number of hydrogen-bond donors (Lipinski definition) is 1. The van der Waals surface area contributed by atoms with E-state index in [-0.39, 0.29) is 23.7 Å². The van der Waals surface area contributed by atoms with Crippen molar-refractivity contribution in [3.63, 3.8) is 0 Å². The zero-order valence-electron chi connectivity index (χ0n) is 16.1. The number of amides is 1. The third kappa shape index (κ3) is 4.36. The molecular weight excluding hydrogens is 371 g/mol. The van der Waals surface area contributed by atoms with E-state index in [4.69, 9.17) is 0 Å². The van der Waals surface area contributed by atoms with Crippen LogP contribution in [0, 0.1) is 0 Å². The highest BCUT2D eigenvalue weighted by Gasteiger charge is 2.35. The van der Waals surface area contributed by atoms with Gasteiger partial charge in [0.25, 0.3) is 5.91 Å². The van der Waals surface area contributed by atoms with Gasteiger partial charge in [0.05, 0.1) is 11.9 Å². The fourth-order valence-corrected chi connectivity index (χ4v) is 3.47. The zero-order valence-corrected chi connectivity index (χ0v) is 16.1. The van der Waals surface area contributed by atoms with Gasteiger partial charge in [-0.05, 0) is 45.3 Å². The predicted octanol–water partition coefficient (Wildman–Crippen LogP) is 2.26. The minimum Gasteiger partial charge on any atom is -0.348 e. The first-order valence-electron chi connectivity index (χ1n) is 9.08. The van der Waals surface area contributed by atoms with Gasteiger partial charge in [0.2, 0.25) is 0 Å². The molecule has 152 valence electrons. The van der Waals surface area contributed by atoms with E-state index < -0.39 is 11.9 Å². The Morgan fingerprint density at radius 3 is 2.71 bits per heavy atom. The number of carbonyl (C=O) groups is 1. The Bertz CT molecular complexity index is 835. The summed E-state index contributed by atoms with van der Waals surface area (Å²) in [5, 5.41) is 6.73. The van der Waals surface area contributed by atoms with Gasteiger partial charge in [0.1, 0.15) is 5.69 Å². The van der Waals surface area contributed by atoms with Crippen molar-refractivity contribution < 1.29 is 18.0 Å². The second-order valence-corrected chi connectivity index (χ2v) is 7.25. The molecule has 3 rings (SSSR count). The quantitative estimate of drug-likeness (QED) is 0.863. The van der Waals surface area contributed by atoms with Crippen LogP contribution in [-0.4, -0.2) is 71.3 Å². The maximum atomic E-state index is 13.1. The van der Waals surface area contributed by atoms with Crippen molar-refractivity contribution in [2.75, 3.05) is 33.7 Å². The molecule has 1 aromatic heterocycles. The number of likely N-dealkylation sites (N-methyl/N-ethyl adjacent to an activating group) is 2. The number of halogens is 3. The highest BCUT2D eigenvalue weighted by Crippen LogP contribution is 2.30. The Morgan fingerprint density at radius 2 is 2.00 bits per heavy atom. The number of aromatic nitrogens is 2. The zero-order chi connectivity index (χ0) is 20.5. The molecule has 1 aromatic carbocycles. The van der Waals surface area contributed by atoms with E-state index in [1.165, 1.54) is 12.1 Å². The van der Waals surface area contributed by atoms with Gasteiger partial charge in [-0.1, -0.05) is 6.07 Å². The van der Waals surface area contributed by atoms with Gasteiger partial charge in [0.15, 0.2) is 0 Å². The van der Waals surface area contributed by atoms with Crippen LogP contribution >= 0.6 is 0 Å². The molecule has 1 fully saturated rings. The number of alkyl halides is 3. The summed E-state index contributed by atoms with van der Waals surface area (Å²) in [5.74, 6) is -0.323. The Labute approximate surface area is 161 Å². The highest BCUT2D eigenvalue weighted by atomic mass is 19.4. The third-order valence-electron chi connectivity index (χ3n) is 5.12. The van der Waals surface area contributed by atoms with E-state index in [0.29, 0.717) is 5.56 Å². The van der Waals surface area contributed by atoms with E-state index in [0.717, 1.165) is 36.6 Å². The van der Waals surface area contributed by atoms with Crippen LogP contribution in [-0.2, 0) is 6.18 Å². The number of carbonyl (C=O) groups excluding carboxylic acids is 1. The molecule has 1 aliphatic heterocycles. The van der Waals surface area contributed by atoms with E-state index in [1.54, 1.807) is 12.1 Å². The van der Waals surface area contributed by atoms with Crippen molar-refractivity contribution in [2.45, 2.75) is 25.2 Å². The topological polar surface area (TPSA) is 53.4 Å². The lowest BCUT2D eigenvalue weighted by atomic mass is 10.0. The largest absolute Gasteiger partial charge is 0.433 e. The number of benzene rings is 1. The first-order chi connectivity index (χ1) is 13.2. The predicted molar refractivity (Wildman–Crippen MR) is 99.4 cm³/mol.